The second-order valence-electron chi connectivity index (χ2n) is 5.31. The molecule has 100 valence electrons. The van der Waals surface area contributed by atoms with E-state index in [9.17, 15) is 0 Å². The fourth-order valence-electron chi connectivity index (χ4n) is 2.78. The molecular weight excluding hydrogens is 226 g/mol. The third-order valence-corrected chi connectivity index (χ3v) is 3.68. The number of methoxy groups -OCH3 is 1. The molecule has 4 heteroatoms. The first-order valence-corrected chi connectivity index (χ1v) is 6.80. The Kier molecular flexibility index (Phi) is 4.53. The van der Waals surface area contributed by atoms with E-state index in [2.05, 4.69) is 29.1 Å². The fourth-order valence-corrected chi connectivity index (χ4v) is 2.78. The molecule has 0 radical (unpaired) electrons. The van der Waals surface area contributed by atoms with Crippen LogP contribution in [0.3, 0.4) is 0 Å². The number of hydrogen-bond donors (Lipinski definition) is 1. The van der Waals surface area contributed by atoms with E-state index in [1.165, 1.54) is 19.3 Å². The predicted octanol–water partition coefficient (Wildman–Crippen LogP) is 2.37. The van der Waals surface area contributed by atoms with Crippen molar-refractivity contribution in [1.82, 2.24) is 15.3 Å². The van der Waals surface area contributed by atoms with E-state index in [-0.39, 0.29) is 0 Å². The molecular formula is C14H23N3O. The van der Waals surface area contributed by atoms with Gasteiger partial charge in [0, 0.05) is 24.4 Å². The van der Waals surface area contributed by atoms with Crippen molar-refractivity contribution in [3.63, 3.8) is 0 Å². The lowest BCUT2D eigenvalue weighted by molar-refractivity contribution is 0.365. The summed E-state index contributed by atoms with van der Waals surface area (Å²) >= 11 is 0. The van der Waals surface area contributed by atoms with Crippen LogP contribution in [0.4, 0.5) is 0 Å². The molecule has 2 atom stereocenters. The topological polar surface area (TPSA) is 47.0 Å². The highest BCUT2D eigenvalue weighted by molar-refractivity contribution is 5.23. The minimum atomic E-state index is 0.486. The summed E-state index contributed by atoms with van der Waals surface area (Å²) in [4.78, 5) is 8.76. The molecule has 4 nitrogen and oxygen atoms in total. The van der Waals surface area contributed by atoms with Crippen LogP contribution >= 0.6 is 0 Å². The number of aromatic nitrogens is 2. The zero-order chi connectivity index (χ0) is 13.0. The van der Waals surface area contributed by atoms with E-state index >= 15 is 0 Å². The van der Waals surface area contributed by atoms with Gasteiger partial charge in [0.15, 0.2) is 0 Å². The lowest BCUT2D eigenvalue weighted by Crippen LogP contribution is -2.30. The number of ether oxygens (including phenoxy) is 1. The maximum Gasteiger partial charge on any atom is 0.235 e. The molecule has 2 rings (SSSR count). The lowest BCUT2D eigenvalue weighted by Gasteiger charge is -2.21. The Morgan fingerprint density at radius 3 is 2.83 bits per heavy atom. The summed E-state index contributed by atoms with van der Waals surface area (Å²) in [5.74, 6) is 1.83. The van der Waals surface area contributed by atoms with Gasteiger partial charge in [0.25, 0.3) is 0 Å². The fraction of sp³-hybridized carbons (Fsp3) is 0.714. The molecule has 18 heavy (non-hydrogen) atoms. The van der Waals surface area contributed by atoms with Gasteiger partial charge in [0.2, 0.25) is 5.88 Å². The Morgan fingerprint density at radius 1 is 1.33 bits per heavy atom. The molecule has 0 aromatic carbocycles. The molecule has 0 aliphatic heterocycles. The quantitative estimate of drug-likeness (QED) is 0.870. The van der Waals surface area contributed by atoms with Crippen molar-refractivity contribution in [2.75, 3.05) is 13.7 Å². The van der Waals surface area contributed by atoms with Gasteiger partial charge in [-0.2, -0.15) is 0 Å². The van der Waals surface area contributed by atoms with Gasteiger partial charge in [-0.1, -0.05) is 20.3 Å². The summed E-state index contributed by atoms with van der Waals surface area (Å²) in [6.07, 6.45) is 7.19. The average Bonchev–Trinajstić information content (AvgIpc) is 2.84. The molecule has 0 spiro atoms. The molecule has 1 aromatic rings. The zero-order valence-corrected chi connectivity index (χ0v) is 11.5. The van der Waals surface area contributed by atoms with Gasteiger partial charge in [0.1, 0.15) is 5.69 Å². The van der Waals surface area contributed by atoms with E-state index < -0.39 is 0 Å². The molecule has 1 N–H and O–H groups in total. The third-order valence-electron chi connectivity index (χ3n) is 3.68. The highest BCUT2D eigenvalue weighted by atomic mass is 16.5. The molecule has 1 heterocycles. The lowest BCUT2D eigenvalue weighted by atomic mass is 9.92. The van der Waals surface area contributed by atoms with Crippen LogP contribution in [0.1, 0.15) is 44.7 Å². The van der Waals surface area contributed by atoms with Crippen LogP contribution < -0.4 is 10.1 Å². The number of nitrogens with zero attached hydrogens (tertiary/aromatic N) is 2. The second kappa shape index (κ2) is 6.14. The second-order valence-corrected chi connectivity index (χ2v) is 5.31. The maximum atomic E-state index is 5.34. The Labute approximate surface area is 109 Å². The highest BCUT2D eigenvalue weighted by Gasteiger charge is 2.31. The minimum Gasteiger partial charge on any atom is -0.480 e. The van der Waals surface area contributed by atoms with Crippen molar-refractivity contribution < 1.29 is 4.74 Å². The monoisotopic (exact) mass is 249 g/mol. The van der Waals surface area contributed by atoms with Crippen molar-refractivity contribution in [2.24, 2.45) is 5.92 Å². The van der Waals surface area contributed by atoms with Crippen LogP contribution in [0.5, 0.6) is 5.88 Å². The Balaban J connectivity index is 2.10. The molecule has 1 fully saturated rings. The normalized spacial score (nSPS) is 23.6. The van der Waals surface area contributed by atoms with Gasteiger partial charge < -0.3 is 10.1 Å². The Hall–Kier alpha value is -1.16. The van der Waals surface area contributed by atoms with E-state index in [4.69, 9.17) is 4.74 Å². The Morgan fingerprint density at radius 2 is 2.11 bits per heavy atom. The first kappa shape index (κ1) is 13.3. The van der Waals surface area contributed by atoms with Crippen molar-refractivity contribution in [3.05, 3.63) is 18.1 Å². The van der Waals surface area contributed by atoms with Gasteiger partial charge in [-0.15, -0.1) is 0 Å². The minimum absolute atomic E-state index is 0.486. The molecule has 1 aliphatic rings. The highest BCUT2D eigenvalue weighted by Crippen LogP contribution is 2.40. The SMILES string of the molecule is COc1nccnc1C1CCCC1CNC(C)C. The average molecular weight is 249 g/mol. The van der Waals surface area contributed by atoms with Gasteiger partial charge in [-0.3, -0.25) is 4.98 Å². The summed E-state index contributed by atoms with van der Waals surface area (Å²) in [5, 5.41) is 3.54. The summed E-state index contributed by atoms with van der Waals surface area (Å²) in [6.45, 7) is 5.43. The molecule has 0 saturated heterocycles. The number of hydrogen-bond acceptors (Lipinski definition) is 4. The van der Waals surface area contributed by atoms with Crippen LogP contribution in [0.15, 0.2) is 12.4 Å². The van der Waals surface area contributed by atoms with Crippen LogP contribution in [0, 0.1) is 5.92 Å². The molecule has 2 unspecified atom stereocenters. The Bertz CT molecular complexity index is 381. The first-order chi connectivity index (χ1) is 8.72. The van der Waals surface area contributed by atoms with Gasteiger partial charge in [-0.25, -0.2) is 4.98 Å². The summed E-state index contributed by atoms with van der Waals surface area (Å²) in [5.41, 5.74) is 1.04. The smallest absolute Gasteiger partial charge is 0.235 e. The van der Waals surface area contributed by atoms with Crippen molar-refractivity contribution >= 4 is 0 Å². The van der Waals surface area contributed by atoms with Gasteiger partial charge in [0.05, 0.1) is 7.11 Å². The van der Waals surface area contributed by atoms with E-state index in [1.54, 1.807) is 19.5 Å². The van der Waals surface area contributed by atoms with Crippen LogP contribution in [0.2, 0.25) is 0 Å². The van der Waals surface area contributed by atoms with E-state index in [1.807, 2.05) is 0 Å². The van der Waals surface area contributed by atoms with Crippen LogP contribution in [0.25, 0.3) is 0 Å². The van der Waals surface area contributed by atoms with Crippen molar-refractivity contribution in [2.45, 2.75) is 45.1 Å². The van der Waals surface area contributed by atoms with Gasteiger partial charge >= 0.3 is 0 Å². The van der Waals surface area contributed by atoms with Crippen molar-refractivity contribution in [3.8, 4) is 5.88 Å². The molecule has 0 bridgehead atoms. The predicted molar refractivity (Wildman–Crippen MR) is 71.8 cm³/mol. The molecule has 1 aromatic heterocycles. The maximum absolute atomic E-state index is 5.34. The van der Waals surface area contributed by atoms with E-state index in [0.29, 0.717) is 23.8 Å². The number of rotatable bonds is 5. The zero-order valence-electron chi connectivity index (χ0n) is 11.5. The summed E-state index contributed by atoms with van der Waals surface area (Å²) in [6, 6.07) is 0.537. The molecule has 1 aliphatic carbocycles. The molecule has 1 saturated carbocycles. The standard InChI is InChI=1S/C14H23N3O/c1-10(2)17-9-11-5-4-6-12(11)13-14(18-3)16-8-7-15-13/h7-8,10-12,17H,4-6,9H2,1-3H3. The number of nitrogens with one attached hydrogen (secondary N) is 1. The van der Waals surface area contributed by atoms with Gasteiger partial charge in [-0.05, 0) is 25.3 Å². The van der Waals surface area contributed by atoms with Crippen LogP contribution in [-0.4, -0.2) is 29.7 Å². The third kappa shape index (κ3) is 2.99. The van der Waals surface area contributed by atoms with Crippen LogP contribution in [-0.2, 0) is 0 Å². The summed E-state index contributed by atoms with van der Waals surface area (Å²) < 4.78 is 5.34. The van der Waals surface area contributed by atoms with Crippen molar-refractivity contribution in [1.29, 1.82) is 0 Å². The molecule has 0 amide bonds. The largest absolute Gasteiger partial charge is 0.480 e. The van der Waals surface area contributed by atoms with E-state index in [0.717, 1.165) is 12.2 Å². The first-order valence-electron chi connectivity index (χ1n) is 6.80. The summed E-state index contributed by atoms with van der Waals surface area (Å²) in [7, 11) is 1.67.